The largest absolute Gasteiger partial charge is 0.416 e. The summed E-state index contributed by atoms with van der Waals surface area (Å²) in [6.07, 6.45) is -4.35. The van der Waals surface area contributed by atoms with Crippen molar-refractivity contribution >= 4 is 22.3 Å². The minimum atomic E-state index is -4.35. The number of benzene rings is 2. The molecule has 0 saturated carbocycles. The highest BCUT2D eigenvalue weighted by Crippen LogP contribution is 2.32. The van der Waals surface area contributed by atoms with E-state index in [1.807, 2.05) is 38.1 Å². The molecule has 0 atom stereocenters. The summed E-state index contributed by atoms with van der Waals surface area (Å²) < 4.78 is 38.5. The van der Waals surface area contributed by atoms with E-state index in [0.717, 1.165) is 40.0 Å². The van der Waals surface area contributed by atoms with E-state index in [4.69, 9.17) is 0 Å². The number of aryl methyl sites for hydroxylation is 2. The van der Waals surface area contributed by atoms with Crippen molar-refractivity contribution in [2.75, 3.05) is 5.32 Å². The van der Waals surface area contributed by atoms with Gasteiger partial charge in [0.2, 0.25) is 5.52 Å². The number of hydrogen-bond acceptors (Lipinski definition) is 1. The number of H-pyrrole nitrogens is 1. The number of hydrogen-bond donors (Lipinski definition) is 1. The maximum Gasteiger partial charge on any atom is 0.416 e. The van der Waals surface area contributed by atoms with E-state index in [1.165, 1.54) is 6.07 Å². The molecule has 2 N–H and O–H groups in total. The van der Waals surface area contributed by atoms with E-state index < -0.39 is 11.7 Å². The predicted molar refractivity (Wildman–Crippen MR) is 84.7 cm³/mol. The Bertz CT molecular complexity index is 870. The van der Waals surface area contributed by atoms with Crippen LogP contribution in [0.15, 0.2) is 48.5 Å². The fourth-order valence-corrected chi connectivity index (χ4v) is 2.62. The molecule has 0 spiro atoms. The Morgan fingerprint density at radius 3 is 2.43 bits per heavy atom. The second kappa shape index (κ2) is 5.57. The Morgan fingerprint density at radius 1 is 0.957 bits per heavy atom. The molecule has 1 heterocycles. The molecule has 3 rings (SSSR count). The molecular weight excluding hydrogens is 301 g/mol. The summed E-state index contributed by atoms with van der Waals surface area (Å²) in [7, 11) is 0. The van der Waals surface area contributed by atoms with E-state index in [2.05, 4.69) is 10.3 Å². The number of anilines is 2. The molecular formula is C18H16F3N2+. The van der Waals surface area contributed by atoms with Crippen molar-refractivity contribution < 1.29 is 18.2 Å². The highest BCUT2D eigenvalue weighted by Gasteiger charge is 2.30. The molecule has 5 heteroatoms. The molecule has 0 saturated heterocycles. The van der Waals surface area contributed by atoms with E-state index >= 15 is 0 Å². The van der Waals surface area contributed by atoms with Gasteiger partial charge in [-0.25, -0.2) is 4.98 Å². The number of aromatic amines is 1. The van der Waals surface area contributed by atoms with Crippen molar-refractivity contribution in [3.05, 3.63) is 65.4 Å². The summed E-state index contributed by atoms with van der Waals surface area (Å²) in [5, 5.41) is 4.05. The van der Waals surface area contributed by atoms with E-state index in [9.17, 15) is 13.2 Å². The Labute approximate surface area is 132 Å². The van der Waals surface area contributed by atoms with Crippen LogP contribution in [0.25, 0.3) is 10.9 Å². The monoisotopic (exact) mass is 317 g/mol. The van der Waals surface area contributed by atoms with Crippen LogP contribution >= 0.6 is 0 Å². The number of rotatable bonds is 2. The van der Waals surface area contributed by atoms with Gasteiger partial charge in [0.15, 0.2) is 5.69 Å². The first-order valence-electron chi connectivity index (χ1n) is 7.21. The zero-order chi connectivity index (χ0) is 16.6. The average molecular weight is 317 g/mol. The molecule has 0 amide bonds. The lowest BCUT2D eigenvalue weighted by molar-refractivity contribution is -0.354. The second-order valence-electron chi connectivity index (χ2n) is 5.57. The fraction of sp³-hybridized carbons (Fsp3) is 0.167. The van der Waals surface area contributed by atoms with Crippen LogP contribution in [-0.4, -0.2) is 0 Å². The number of alkyl halides is 3. The first kappa shape index (κ1) is 15.3. The van der Waals surface area contributed by atoms with Gasteiger partial charge in [0.25, 0.3) is 0 Å². The molecule has 0 unspecified atom stereocenters. The van der Waals surface area contributed by atoms with Gasteiger partial charge in [-0.3, -0.25) is 0 Å². The van der Waals surface area contributed by atoms with Gasteiger partial charge in [0.05, 0.1) is 16.6 Å². The summed E-state index contributed by atoms with van der Waals surface area (Å²) in [6, 6.07) is 13.0. The summed E-state index contributed by atoms with van der Waals surface area (Å²) in [4.78, 5) is 3.30. The number of halogens is 3. The van der Waals surface area contributed by atoms with Gasteiger partial charge in [0.1, 0.15) is 0 Å². The van der Waals surface area contributed by atoms with Crippen molar-refractivity contribution in [1.29, 1.82) is 0 Å². The smallest absolute Gasteiger partial charge is 0.355 e. The number of para-hydroxylation sites is 1. The second-order valence-corrected chi connectivity index (χ2v) is 5.57. The maximum atomic E-state index is 12.8. The minimum absolute atomic E-state index is 0.410. The first-order valence-corrected chi connectivity index (χ1v) is 7.21. The molecule has 0 bridgehead atoms. The van der Waals surface area contributed by atoms with Crippen LogP contribution < -0.4 is 10.3 Å². The average Bonchev–Trinajstić information content (AvgIpc) is 2.48. The van der Waals surface area contributed by atoms with Gasteiger partial charge < -0.3 is 5.32 Å². The maximum absolute atomic E-state index is 12.8. The van der Waals surface area contributed by atoms with Crippen LogP contribution in [0.1, 0.15) is 16.8 Å². The van der Waals surface area contributed by atoms with Crippen molar-refractivity contribution in [3.8, 4) is 0 Å². The number of fused-ring (bicyclic) bond motifs is 1. The van der Waals surface area contributed by atoms with Gasteiger partial charge in [-0.1, -0.05) is 18.2 Å². The molecule has 0 aliphatic heterocycles. The van der Waals surface area contributed by atoms with Crippen molar-refractivity contribution in [1.82, 2.24) is 0 Å². The van der Waals surface area contributed by atoms with E-state index in [0.29, 0.717) is 5.69 Å². The normalized spacial score (nSPS) is 11.7. The van der Waals surface area contributed by atoms with Crippen molar-refractivity contribution in [3.63, 3.8) is 0 Å². The van der Waals surface area contributed by atoms with Crippen LogP contribution in [0.2, 0.25) is 0 Å². The first-order chi connectivity index (χ1) is 10.8. The number of aromatic nitrogens is 1. The lowest BCUT2D eigenvalue weighted by Crippen LogP contribution is -2.11. The fourth-order valence-electron chi connectivity index (χ4n) is 2.62. The molecule has 1 aromatic heterocycles. The number of pyridine rings is 1. The molecule has 118 valence electrons. The van der Waals surface area contributed by atoms with E-state index in [-0.39, 0.29) is 0 Å². The topological polar surface area (TPSA) is 26.2 Å². The van der Waals surface area contributed by atoms with Crippen LogP contribution in [0.5, 0.6) is 0 Å². The Balaban J connectivity index is 2.07. The van der Waals surface area contributed by atoms with Gasteiger partial charge in [-0.2, -0.15) is 13.2 Å². The van der Waals surface area contributed by atoms with Crippen molar-refractivity contribution in [2.45, 2.75) is 20.0 Å². The summed E-state index contributed by atoms with van der Waals surface area (Å²) in [5.41, 5.74) is 3.51. The minimum Gasteiger partial charge on any atom is -0.355 e. The Morgan fingerprint density at radius 2 is 1.70 bits per heavy atom. The lowest BCUT2D eigenvalue weighted by Gasteiger charge is -2.12. The van der Waals surface area contributed by atoms with Gasteiger partial charge in [-0.15, -0.1) is 0 Å². The molecule has 0 aliphatic rings. The van der Waals surface area contributed by atoms with Gasteiger partial charge >= 0.3 is 6.18 Å². The Kier molecular flexibility index (Phi) is 3.72. The molecule has 0 fully saturated rings. The molecule has 0 radical (unpaired) electrons. The summed E-state index contributed by atoms with van der Waals surface area (Å²) in [5.74, 6) is 0. The summed E-state index contributed by atoms with van der Waals surface area (Å²) in [6.45, 7) is 3.91. The molecule has 2 nitrogen and oxygen atoms in total. The predicted octanol–water partition coefficient (Wildman–Crippen LogP) is 5.03. The van der Waals surface area contributed by atoms with Crippen LogP contribution in [-0.2, 0) is 6.18 Å². The summed E-state index contributed by atoms with van der Waals surface area (Å²) >= 11 is 0. The molecule has 23 heavy (non-hydrogen) atoms. The lowest BCUT2D eigenvalue weighted by atomic mass is 10.1. The van der Waals surface area contributed by atoms with Crippen LogP contribution in [0.3, 0.4) is 0 Å². The highest BCUT2D eigenvalue weighted by atomic mass is 19.4. The molecule has 2 aromatic carbocycles. The van der Waals surface area contributed by atoms with E-state index in [1.54, 1.807) is 6.07 Å². The molecule has 3 aromatic rings. The highest BCUT2D eigenvalue weighted by molar-refractivity contribution is 5.92. The third-order valence-electron chi connectivity index (χ3n) is 3.71. The third-order valence-corrected chi connectivity index (χ3v) is 3.71. The van der Waals surface area contributed by atoms with Crippen LogP contribution in [0, 0.1) is 13.8 Å². The zero-order valence-electron chi connectivity index (χ0n) is 12.8. The number of nitrogens with one attached hydrogen (secondary N) is 2. The zero-order valence-corrected chi connectivity index (χ0v) is 12.8. The standard InChI is InChI=1S/C18H15F3N2/c1-11-5-3-8-15-16(9-12(2)22-17(11)15)23-14-7-4-6-13(10-14)18(19,20)21/h3-10H,1-2H3,(H,22,23)/p+1. The van der Waals surface area contributed by atoms with Crippen molar-refractivity contribution in [2.24, 2.45) is 0 Å². The quantitative estimate of drug-likeness (QED) is 0.704. The van der Waals surface area contributed by atoms with Gasteiger partial charge in [-0.05, 0) is 31.2 Å². The third kappa shape index (κ3) is 3.13. The SMILES string of the molecule is Cc1cc(Nc2cccc(C(F)(F)F)c2)c2cccc(C)c2[nH+]1. The van der Waals surface area contributed by atoms with Gasteiger partial charge in [0, 0.05) is 24.2 Å². The molecule has 0 aliphatic carbocycles. The Hall–Kier alpha value is -2.56. The van der Waals surface area contributed by atoms with Crippen LogP contribution in [0.4, 0.5) is 24.5 Å².